The Kier molecular flexibility index (Phi) is 5.30. The van der Waals surface area contributed by atoms with E-state index < -0.39 is 0 Å². The Balaban J connectivity index is 2.15. The molecule has 0 aliphatic rings. The predicted molar refractivity (Wildman–Crippen MR) is 62.4 cm³/mol. The molecular formula is C8H12BrNS2. The second-order valence-corrected chi connectivity index (χ2v) is 5.42. The van der Waals surface area contributed by atoms with Gasteiger partial charge < -0.3 is 5.32 Å². The average molecular weight is 266 g/mol. The van der Waals surface area contributed by atoms with Gasteiger partial charge in [0.15, 0.2) is 0 Å². The van der Waals surface area contributed by atoms with Crippen molar-refractivity contribution in [2.24, 2.45) is 0 Å². The van der Waals surface area contributed by atoms with Crippen molar-refractivity contribution in [1.82, 2.24) is 5.32 Å². The average Bonchev–Trinajstić information content (AvgIpc) is 2.45. The second-order valence-electron chi connectivity index (χ2n) is 2.43. The number of nitrogens with one attached hydrogen (secondary N) is 1. The lowest BCUT2D eigenvalue weighted by molar-refractivity contribution is 0.726. The minimum Gasteiger partial charge on any atom is -0.316 e. The van der Waals surface area contributed by atoms with E-state index in [-0.39, 0.29) is 0 Å². The van der Waals surface area contributed by atoms with E-state index in [4.69, 9.17) is 0 Å². The van der Waals surface area contributed by atoms with E-state index in [1.807, 2.05) is 0 Å². The van der Waals surface area contributed by atoms with Gasteiger partial charge in [0, 0.05) is 17.2 Å². The summed E-state index contributed by atoms with van der Waals surface area (Å²) < 4.78 is 1.21. The highest BCUT2D eigenvalue weighted by Gasteiger charge is 1.96. The molecule has 0 aromatic carbocycles. The predicted octanol–water partition coefficient (Wildman–Crippen LogP) is 2.57. The summed E-state index contributed by atoms with van der Waals surface area (Å²) in [5, 5.41) is 3.31. The van der Waals surface area contributed by atoms with Crippen LogP contribution < -0.4 is 5.32 Å². The number of thiophene rings is 1. The number of halogens is 1. The molecule has 12 heavy (non-hydrogen) atoms. The zero-order valence-corrected chi connectivity index (χ0v) is 10.0. The van der Waals surface area contributed by atoms with Gasteiger partial charge in [-0.2, -0.15) is 12.6 Å². The third kappa shape index (κ3) is 3.94. The van der Waals surface area contributed by atoms with Crippen LogP contribution in [0.1, 0.15) is 4.88 Å². The monoisotopic (exact) mass is 265 g/mol. The van der Waals surface area contributed by atoms with Gasteiger partial charge in [0.05, 0.1) is 3.79 Å². The molecule has 0 unspecified atom stereocenters. The molecule has 1 aromatic heterocycles. The van der Waals surface area contributed by atoms with E-state index in [2.05, 4.69) is 46.0 Å². The van der Waals surface area contributed by atoms with Gasteiger partial charge >= 0.3 is 0 Å². The first-order valence-corrected chi connectivity index (χ1v) is 6.13. The van der Waals surface area contributed by atoms with Gasteiger partial charge in [-0.15, -0.1) is 11.3 Å². The van der Waals surface area contributed by atoms with Gasteiger partial charge in [-0.3, -0.25) is 0 Å². The summed E-state index contributed by atoms with van der Waals surface area (Å²) in [5.41, 5.74) is 0. The van der Waals surface area contributed by atoms with E-state index >= 15 is 0 Å². The molecular weight excluding hydrogens is 254 g/mol. The van der Waals surface area contributed by atoms with Crippen molar-refractivity contribution < 1.29 is 0 Å². The SMILES string of the molecule is SCCNCCc1ccc(Br)s1. The van der Waals surface area contributed by atoms with E-state index in [0.717, 1.165) is 25.3 Å². The minimum atomic E-state index is 0.911. The van der Waals surface area contributed by atoms with Crippen LogP contribution in [-0.4, -0.2) is 18.8 Å². The van der Waals surface area contributed by atoms with Crippen LogP contribution in [0.15, 0.2) is 15.9 Å². The van der Waals surface area contributed by atoms with E-state index in [1.165, 1.54) is 8.66 Å². The summed E-state index contributed by atoms with van der Waals surface area (Å²) in [6, 6.07) is 4.26. The molecule has 4 heteroatoms. The van der Waals surface area contributed by atoms with Crippen molar-refractivity contribution in [1.29, 1.82) is 0 Å². The first-order valence-electron chi connectivity index (χ1n) is 3.88. The molecule has 0 saturated heterocycles. The zero-order valence-electron chi connectivity index (χ0n) is 6.72. The highest BCUT2D eigenvalue weighted by Crippen LogP contribution is 2.21. The summed E-state index contributed by atoms with van der Waals surface area (Å²) in [6.45, 7) is 2.04. The third-order valence-corrected chi connectivity index (χ3v) is 3.37. The maximum absolute atomic E-state index is 4.12. The maximum atomic E-state index is 4.12. The molecule has 0 fully saturated rings. The molecule has 68 valence electrons. The molecule has 1 rings (SSSR count). The van der Waals surface area contributed by atoms with Gasteiger partial charge in [-0.1, -0.05) is 0 Å². The minimum absolute atomic E-state index is 0.911. The summed E-state index contributed by atoms with van der Waals surface area (Å²) in [5.74, 6) is 0.911. The van der Waals surface area contributed by atoms with Gasteiger partial charge in [0.2, 0.25) is 0 Å². The Morgan fingerprint density at radius 2 is 2.25 bits per heavy atom. The quantitative estimate of drug-likeness (QED) is 0.616. The largest absolute Gasteiger partial charge is 0.316 e. The first kappa shape index (κ1) is 10.6. The Labute approximate surface area is 91.1 Å². The normalized spacial score (nSPS) is 10.5. The Hall–Kier alpha value is 0.490. The van der Waals surface area contributed by atoms with Crippen molar-refractivity contribution in [3.05, 3.63) is 20.8 Å². The van der Waals surface area contributed by atoms with Crippen LogP contribution in [0.3, 0.4) is 0 Å². The molecule has 0 amide bonds. The Bertz CT molecular complexity index is 225. The van der Waals surface area contributed by atoms with Crippen molar-refractivity contribution in [3.8, 4) is 0 Å². The van der Waals surface area contributed by atoms with E-state index in [9.17, 15) is 0 Å². The van der Waals surface area contributed by atoms with Gasteiger partial charge in [-0.25, -0.2) is 0 Å². The standard InChI is InChI=1S/C8H12BrNS2/c9-8-2-1-7(12-8)3-4-10-5-6-11/h1-2,10-11H,3-6H2. The highest BCUT2D eigenvalue weighted by molar-refractivity contribution is 9.11. The number of hydrogen-bond acceptors (Lipinski definition) is 3. The molecule has 0 radical (unpaired) electrons. The summed E-state index contributed by atoms with van der Waals surface area (Å²) in [4.78, 5) is 1.42. The van der Waals surface area contributed by atoms with Crippen LogP contribution in [-0.2, 0) is 6.42 Å². The molecule has 0 atom stereocenters. The zero-order chi connectivity index (χ0) is 8.81. The highest BCUT2D eigenvalue weighted by atomic mass is 79.9. The van der Waals surface area contributed by atoms with Crippen LogP contribution in [0.2, 0.25) is 0 Å². The van der Waals surface area contributed by atoms with Crippen LogP contribution in [0.4, 0.5) is 0 Å². The molecule has 1 heterocycles. The summed E-state index contributed by atoms with van der Waals surface area (Å²) >= 11 is 9.36. The molecule has 1 aromatic rings. The van der Waals surface area contributed by atoms with Gasteiger partial charge in [0.25, 0.3) is 0 Å². The molecule has 1 N–H and O–H groups in total. The van der Waals surface area contributed by atoms with Crippen molar-refractivity contribution in [2.75, 3.05) is 18.8 Å². The van der Waals surface area contributed by atoms with Crippen LogP contribution in [0.25, 0.3) is 0 Å². The topological polar surface area (TPSA) is 12.0 Å². The lowest BCUT2D eigenvalue weighted by atomic mass is 10.3. The fourth-order valence-corrected chi connectivity index (χ4v) is 2.54. The number of rotatable bonds is 5. The maximum Gasteiger partial charge on any atom is 0.0701 e. The van der Waals surface area contributed by atoms with Crippen molar-refractivity contribution in [2.45, 2.75) is 6.42 Å². The van der Waals surface area contributed by atoms with E-state index in [1.54, 1.807) is 11.3 Å². The molecule has 0 aliphatic heterocycles. The van der Waals surface area contributed by atoms with Gasteiger partial charge in [-0.05, 0) is 41.0 Å². The molecule has 0 aliphatic carbocycles. The van der Waals surface area contributed by atoms with Crippen LogP contribution in [0.5, 0.6) is 0 Å². The first-order chi connectivity index (χ1) is 5.83. The molecule has 0 spiro atoms. The Morgan fingerprint density at radius 3 is 2.83 bits per heavy atom. The smallest absolute Gasteiger partial charge is 0.0701 e. The molecule has 0 saturated carbocycles. The van der Waals surface area contributed by atoms with Crippen molar-refractivity contribution >= 4 is 39.9 Å². The molecule has 1 nitrogen and oxygen atoms in total. The van der Waals surface area contributed by atoms with Crippen LogP contribution in [0, 0.1) is 0 Å². The lowest BCUT2D eigenvalue weighted by Gasteiger charge is -1.99. The fourth-order valence-electron chi connectivity index (χ4n) is 0.902. The van der Waals surface area contributed by atoms with Gasteiger partial charge in [0.1, 0.15) is 0 Å². The third-order valence-electron chi connectivity index (χ3n) is 1.47. The number of hydrogen-bond donors (Lipinski definition) is 2. The number of thiol groups is 1. The summed E-state index contributed by atoms with van der Waals surface area (Å²) in [7, 11) is 0. The van der Waals surface area contributed by atoms with E-state index in [0.29, 0.717) is 0 Å². The lowest BCUT2D eigenvalue weighted by Crippen LogP contribution is -2.18. The van der Waals surface area contributed by atoms with Crippen molar-refractivity contribution in [3.63, 3.8) is 0 Å². The fraction of sp³-hybridized carbons (Fsp3) is 0.500. The van der Waals surface area contributed by atoms with Crippen LogP contribution >= 0.6 is 39.9 Å². The summed E-state index contributed by atoms with van der Waals surface area (Å²) in [6.07, 6.45) is 1.12. The second kappa shape index (κ2) is 6.02. The Morgan fingerprint density at radius 1 is 1.42 bits per heavy atom. The molecule has 0 bridgehead atoms.